The summed E-state index contributed by atoms with van der Waals surface area (Å²) in [5, 5.41) is 39.8. The summed E-state index contributed by atoms with van der Waals surface area (Å²) in [6.45, 7) is 0.617. The van der Waals surface area contributed by atoms with Crippen LogP contribution in [0.25, 0.3) is 0 Å². The Hall–Kier alpha value is -1.63. The molecule has 0 bridgehead atoms. The van der Waals surface area contributed by atoms with Crippen molar-refractivity contribution in [1.82, 2.24) is 0 Å². The van der Waals surface area contributed by atoms with Crippen molar-refractivity contribution >= 4 is 17.9 Å². The van der Waals surface area contributed by atoms with Gasteiger partial charge in [0.15, 0.2) is 0 Å². The summed E-state index contributed by atoms with van der Waals surface area (Å²) in [5.74, 6) is -8.01. The fraction of sp³-hybridized carbons (Fsp3) is 0.571. The Morgan fingerprint density at radius 1 is 1.29 bits per heavy atom. The highest BCUT2D eigenvalue weighted by atomic mass is 16.4. The van der Waals surface area contributed by atoms with Gasteiger partial charge in [-0.1, -0.05) is 0 Å². The topological polar surface area (TPSA) is 141 Å². The molecule has 2 unspecified atom stereocenters. The average Bonchev–Trinajstić information content (AvgIpc) is 1.98. The SMILES string of the molecule is CC(O)(C(=O)[O-])C(CC(=O)[O-])C(=O)[O-]. The van der Waals surface area contributed by atoms with E-state index in [1.54, 1.807) is 0 Å². The van der Waals surface area contributed by atoms with Crippen LogP contribution in [0.1, 0.15) is 13.3 Å². The van der Waals surface area contributed by atoms with Crippen LogP contribution in [0.3, 0.4) is 0 Å². The molecular weight excluding hydrogens is 196 g/mol. The lowest BCUT2D eigenvalue weighted by molar-refractivity contribution is -0.343. The molecule has 0 aromatic heterocycles. The molecule has 0 saturated carbocycles. The van der Waals surface area contributed by atoms with Gasteiger partial charge in [0.1, 0.15) is 5.60 Å². The monoisotopic (exact) mass is 203 g/mol. The van der Waals surface area contributed by atoms with Crippen LogP contribution in [0.15, 0.2) is 0 Å². The second kappa shape index (κ2) is 4.05. The Labute approximate surface area is 78.6 Å². The Bertz CT molecular complexity index is 267. The number of aliphatic hydroxyl groups is 1. The van der Waals surface area contributed by atoms with Gasteiger partial charge >= 0.3 is 0 Å². The van der Waals surface area contributed by atoms with Gasteiger partial charge in [-0.25, -0.2) is 0 Å². The molecule has 0 saturated heterocycles. The number of carboxylic acids is 3. The van der Waals surface area contributed by atoms with E-state index in [1.165, 1.54) is 0 Å². The van der Waals surface area contributed by atoms with Gasteiger partial charge < -0.3 is 34.8 Å². The molecular formula is C7H7O7-3. The van der Waals surface area contributed by atoms with Crippen LogP contribution >= 0.6 is 0 Å². The molecule has 80 valence electrons. The molecule has 0 aromatic carbocycles. The zero-order valence-corrected chi connectivity index (χ0v) is 7.18. The van der Waals surface area contributed by atoms with Crippen molar-refractivity contribution in [3.8, 4) is 0 Å². The third-order valence-electron chi connectivity index (χ3n) is 1.75. The predicted molar refractivity (Wildman–Crippen MR) is 33.8 cm³/mol. The molecule has 0 heterocycles. The van der Waals surface area contributed by atoms with E-state index < -0.39 is 35.8 Å². The third-order valence-corrected chi connectivity index (χ3v) is 1.75. The molecule has 2 atom stereocenters. The first kappa shape index (κ1) is 12.4. The van der Waals surface area contributed by atoms with E-state index in [0.717, 1.165) is 0 Å². The largest absolute Gasteiger partial charge is 0.550 e. The van der Waals surface area contributed by atoms with Crippen molar-refractivity contribution in [2.24, 2.45) is 5.92 Å². The minimum Gasteiger partial charge on any atom is -0.550 e. The molecule has 0 spiro atoms. The number of carboxylic acid groups (broad SMARTS) is 3. The highest BCUT2D eigenvalue weighted by Crippen LogP contribution is 2.19. The summed E-state index contributed by atoms with van der Waals surface area (Å²) in [6.07, 6.45) is -1.16. The second-order valence-electron chi connectivity index (χ2n) is 2.88. The Kier molecular flexibility index (Phi) is 3.58. The molecule has 0 aliphatic rings. The maximum absolute atomic E-state index is 10.3. The van der Waals surface area contributed by atoms with Gasteiger partial charge in [-0.15, -0.1) is 0 Å². The van der Waals surface area contributed by atoms with Gasteiger partial charge in [-0.3, -0.25) is 0 Å². The number of carbonyl (C=O) groups is 3. The second-order valence-corrected chi connectivity index (χ2v) is 2.88. The summed E-state index contributed by atoms with van der Waals surface area (Å²) in [4.78, 5) is 30.7. The number of hydrogen-bond acceptors (Lipinski definition) is 7. The fourth-order valence-corrected chi connectivity index (χ4v) is 0.820. The Balaban J connectivity index is 4.91. The van der Waals surface area contributed by atoms with Crippen molar-refractivity contribution < 1.29 is 34.8 Å². The minimum atomic E-state index is -2.81. The maximum Gasteiger partial charge on any atom is 0.109 e. The summed E-state index contributed by atoms with van der Waals surface area (Å²) in [7, 11) is 0. The third kappa shape index (κ3) is 2.70. The van der Waals surface area contributed by atoms with E-state index in [0.29, 0.717) is 6.92 Å². The van der Waals surface area contributed by atoms with Crippen LogP contribution in [0.5, 0.6) is 0 Å². The smallest absolute Gasteiger partial charge is 0.109 e. The average molecular weight is 203 g/mol. The number of hydrogen-bond donors (Lipinski definition) is 1. The normalized spacial score (nSPS) is 16.7. The van der Waals surface area contributed by atoms with E-state index in [4.69, 9.17) is 5.11 Å². The lowest BCUT2D eigenvalue weighted by atomic mass is 9.86. The molecule has 0 aliphatic heterocycles. The van der Waals surface area contributed by atoms with E-state index >= 15 is 0 Å². The van der Waals surface area contributed by atoms with Crippen LogP contribution in [-0.2, 0) is 14.4 Å². The van der Waals surface area contributed by atoms with Crippen LogP contribution < -0.4 is 15.3 Å². The first-order valence-electron chi connectivity index (χ1n) is 3.54. The van der Waals surface area contributed by atoms with Gasteiger partial charge in [0.2, 0.25) is 0 Å². The molecule has 0 aliphatic carbocycles. The molecule has 14 heavy (non-hydrogen) atoms. The van der Waals surface area contributed by atoms with Gasteiger partial charge in [-0.05, 0) is 13.3 Å². The van der Waals surface area contributed by atoms with E-state index in [-0.39, 0.29) is 0 Å². The van der Waals surface area contributed by atoms with Crippen molar-refractivity contribution in [2.75, 3.05) is 0 Å². The van der Waals surface area contributed by atoms with Gasteiger partial charge in [-0.2, -0.15) is 0 Å². The van der Waals surface area contributed by atoms with Crippen LogP contribution in [-0.4, -0.2) is 28.6 Å². The minimum absolute atomic E-state index is 0.617. The van der Waals surface area contributed by atoms with Gasteiger partial charge in [0, 0.05) is 17.9 Å². The maximum atomic E-state index is 10.3. The predicted octanol–water partition coefficient (Wildman–Crippen LogP) is -5.01. The summed E-state index contributed by atoms with van der Waals surface area (Å²) >= 11 is 0. The van der Waals surface area contributed by atoms with E-state index in [2.05, 4.69) is 0 Å². The molecule has 0 rings (SSSR count). The standard InChI is InChI=1S/C7H10O7/c1-7(14,6(12)13)3(5(10)11)2-4(8)9/h3,14H,2H2,1H3,(H,8,9)(H,10,11)(H,12,13)/p-3. The first-order chi connectivity index (χ1) is 6.19. The van der Waals surface area contributed by atoms with Gasteiger partial charge in [0.05, 0.1) is 5.97 Å². The van der Waals surface area contributed by atoms with E-state index in [1.807, 2.05) is 0 Å². The Morgan fingerprint density at radius 3 is 1.93 bits per heavy atom. The van der Waals surface area contributed by atoms with Crippen LogP contribution in [0.4, 0.5) is 0 Å². The molecule has 0 radical (unpaired) electrons. The van der Waals surface area contributed by atoms with E-state index in [9.17, 15) is 29.7 Å². The first-order valence-corrected chi connectivity index (χ1v) is 3.54. The molecule has 1 N–H and O–H groups in total. The van der Waals surface area contributed by atoms with Crippen molar-refractivity contribution in [1.29, 1.82) is 0 Å². The summed E-state index contributed by atoms with van der Waals surface area (Å²) in [6, 6.07) is 0. The number of aliphatic carboxylic acids is 3. The highest BCUT2D eigenvalue weighted by molar-refractivity contribution is 5.85. The van der Waals surface area contributed by atoms with Crippen molar-refractivity contribution in [3.63, 3.8) is 0 Å². The lowest BCUT2D eigenvalue weighted by Gasteiger charge is -2.34. The zero-order chi connectivity index (χ0) is 11.5. The lowest BCUT2D eigenvalue weighted by Crippen LogP contribution is -2.57. The van der Waals surface area contributed by atoms with Crippen molar-refractivity contribution in [2.45, 2.75) is 18.9 Å². The Morgan fingerprint density at radius 2 is 1.71 bits per heavy atom. The summed E-state index contributed by atoms with van der Waals surface area (Å²) < 4.78 is 0. The molecule has 0 aromatic rings. The van der Waals surface area contributed by atoms with Crippen LogP contribution in [0, 0.1) is 5.92 Å². The van der Waals surface area contributed by atoms with Gasteiger partial charge in [0.25, 0.3) is 0 Å². The zero-order valence-electron chi connectivity index (χ0n) is 7.18. The molecule has 0 amide bonds. The van der Waals surface area contributed by atoms with Crippen molar-refractivity contribution in [3.05, 3.63) is 0 Å². The molecule has 0 fully saturated rings. The highest BCUT2D eigenvalue weighted by Gasteiger charge is 2.34. The quantitative estimate of drug-likeness (QED) is 0.471. The number of carbonyl (C=O) groups excluding carboxylic acids is 3. The molecule has 7 nitrogen and oxygen atoms in total. The fourth-order valence-electron chi connectivity index (χ4n) is 0.820. The molecule has 7 heteroatoms. The summed E-state index contributed by atoms with van der Waals surface area (Å²) in [5.41, 5.74) is -2.81. The number of rotatable bonds is 5. The van der Waals surface area contributed by atoms with Crippen LogP contribution in [0.2, 0.25) is 0 Å².